The summed E-state index contributed by atoms with van der Waals surface area (Å²) >= 11 is 0. The highest BCUT2D eigenvalue weighted by atomic mass is 19.2. The predicted octanol–water partition coefficient (Wildman–Crippen LogP) is 4.51. The van der Waals surface area contributed by atoms with Crippen LogP contribution in [0.1, 0.15) is 16.7 Å². The van der Waals surface area contributed by atoms with Crippen molar-refractivity contribution in [3.63, 3.8) is 0 Å². The number of hydrogen-bond donors (Lipinski definition) is 0. The molecule has 120 valence electrons. The first-order valence-electron chi connectivity index (χ1n) is 6.51. The Morgan fingerprint density at radius 2 is 1.00 bits per heavy atom. The maximum absolute atomic E-state index is 14.1. The van der Waals surface area contributed by atoms with E-state index in [1.165, 1.54) is 13.8 Å². The maximum Gasteiger partial charge on any atom is 0.200 e. The van der Waals surface area contributed by atoms with Crippen molar-refractivity contribution >= 4 is 11.0 Å². The Hall–Kier alpha value is -2.51. The molecular weight excluding hydrogens is 319 g/mol. The molecule has 1 heterocycles. The lowest BCUT2D eigenvalue weighted by Crippen LogP contribution is -2.06. The van der Waals surface area contributed by atoms with E-state index in [0.29, 0.717) is 16.6 Å². The van der Waals surface area contributed by atoms with Gasteiger partial charge in [0.1, 0.15) is 11.0 Å². The lowest BCUT2D eigenvalue weighted by Gasteiger charge is -2.15. The van der Waals surface area contributed by atoms with Gasteiger partial charge in [-0.2, -0.15) is 0 Å². The van der Waals surface area contributed by atoms with Crippen molar-refractivity contribution in [2.24, 2.45) is 0 Å². The smallest absolute Gasteiger partial charge is 0.200 e. The Balaban J connectivity index is 2.53. The Morgan fingerprint density at radius 3 is 1.52 bits per heavy atom. The summed E-state index contributed by atoms with van der Waals surface area (Å²) in [6.07, 6.45) is 0. The van der Waals surface area contributed by atoms with Crippen molar-refractivity contribution in [1.82, 2.24) is 10.3 Å². The number of hydrogen-bond acceptors (Lipinski definition) is 3. The highest BCUT2D eigenvalue weighted by Gasteiger charge is 2.30. The van der Waals surface area contributed by atoms with Gasteiger partial charge in [0.15, 0.2) is 23.3 Å². The SMILES string of the molecule is Cc1c(-c2c(F)c(F)c(F)c(F)c2F)c(C)c2nonc2c1C. The molecule has 2 aromatic carbocycles. The van der Waals surface area contributed by atoms with Gasteiger partial charge in [-0.25, -0.2) is 26.6 Å². The summed E-state index contributed by atoms with van der Waals surface area (Å²) in [7, 11) is 0. The van der Waals surface area contributed by atoms with Gasteiger partial charge < -0.3 is 0 Å². The molecule has 0 atom stereocenters. The molecule has 0 unspecified atom stereocenters. The van der Waals surface area contributed by atoms with Crippen molar-refractivity contribution in [1.29, 1.82) is 0 Å². The highest BCUT2D eigenvalue weighted by molar-refractivity contribution is 5.91. The topological polar surface area (TPSA) is 38.9 Å². The normalized spacial score (nSPS) is 11.5. The maximum atomic E-state index is 14.1. The summed E-state index contributed by atoms with van der Waals surface area (Å²) in [6, 6.07) is 0. The molecule has 0 N–H and O–H groups in total. The second kappa shape index (κ2) is 5.00. The number of aryl methyl sites for hydroxylation is 2. The average Bonchev–Trinajstić information content (AvgIpc) is 3.02. The lowest BCUT2D eigenvalue weighted by atomic mass is 9.90. The third kappa shape index (κ3) is 1.94. The highest BCUT2D eigenvalue weighted by Crippen LogP contribution is 2.39. The monoisotopic (exact) mass is 328 g/mol. The zero-order valence-electron chi connectivity index (χ0n) is 12.2. The third-order valence-electron chi connectivity index (χ3n) is 3.97. The zero-order chi connectivity index (χ0) is 17.0. The van der Waals surface area contributed by atoms with E-state index in [1.807, 2.05) is 0 Å². The van der Waals surface area contributed by atoms with Gasteiger partial charge in [-0.1, -0.05) is 0 Å². The largest absolute Gasteiger partial charge is 0.243 e. The Labute approximate surface area is 126 Å². The average molecular weight is 328 g/mol. The summed E-state index contributed by atoms with van der Waals surface area (Å²) in [5, 5.41) is 7.32. The van der Waals surface area contributed by atoms with Crippen LogP contribution in [-0.2, 0) is 0 Å². The number of aromatic nitrogens is 2. The minimum atomic E-state index is -2.19. The molecule has 0 saturated carbocycles. The minimum Gasteiger partial charge on any atom is -0.243 e. The molecule has 0 radical (unpaired) electrons. The van der Waals surface area contributed by atoms with Crippen LogP contribution in [0.5, 0.6) is 0 Å². The summed E-state index contributed by atoms with van der Waals surface area (Å²) in [4.78, 5) is 0. The van der Waals surface area contributed by atoms with Crippen LogP contribution < -0.4 is 0 Å². The molecule has 0 spiro atoms. The number of rotatable bonds is 1. The molecule has 0 aliphatic rings. The van der Waals surface area contributed by atoms with Crippen molar-refractivity contribution in [3.05, 3.63) is 45.8 Å². The van der Waals surface area contributed by atoms with E-state index in [1.54, 1.807) is 6.92 Å². The van der Waals surface area contributed by atoms with Crippen LogP contribution in [0.2, 0.25) is 0 Å². The number of fused-ring (bicyclic) bond motifs is 1. The molecule has 23 heavy (non-hydrogen) atoms. The number of halogens is 5. The zero-order valence-corrected chi connectivity index (χ0v) is 12.2. The van der Waals surface area contributed by atoms with E-state index in [4.69, 9.17) is 0 Å². The van der Waals surface area contributed by atoms with E-state index < -0.39 is 34.6 Å². The molecule has 3 aromatic rings. The first-order chi connectivity index (χ1) is 10.8. The van der Waals surface area contributed by atoms with Gasteiger partial charge in [-0.3, -0.25) is 0 Å². The van der Waals surface area contributed by atoms with Crippen LogP contribution >= 0.6 is 0 Å². The molecule has 3 rings (SSSR count). The summed E-state index contributed by atoms with van der Waals surface area (Å²) in [5.74, 6) is -9.95. The first kappa shape index (κ1) is 15.4. The lowest BCUT2D eigenvalue weighted by molar-refractivity contribution is 0.315. The van der Waals surface area contributed by atoms with Crippen LogP contribution in [0.4, 0.5) is 22.0 Å². The summed E-state index contributed by atoms with van der Waals surface area (Å²) in [6.45, 7) is 4.55. The second-order valence-electron chi connectivity index (χ2n) is 5.16. The van der Waals surface area contributed by atoms with Crippen LogP contribution in [0.25, 0.3) is 22.2 Å². The molecule has 1 aromatic heterocycles. The molecule has 0 fully saturated rings. The Bertz CT molecular complexity index is 936. The van der Waals surface area contributed by atoms with Gasteiger partial charge in [-0.05, 0) is 53.3 Å². The van der Waals surface area contributed by atoms with Crippen molar-refractivity contribution in [3.8, 4) is 11.1 Å². The molecule has 0 bridgehead atoms. The van der Waals surface area contributed by atoms with E-state index in [0.717, 1.165) is 0 Å². The predicted molar refractivity (Wildman–Crippen MR) is 71.2 cm³/mol. The van der Waals surface area contributed by atoms with E-state index >= 15 is 0 Å². The van der Waals surface area contributed by atoms with Crippen LogP contribution in [0, 0.1) is 49.9 Å². The van der Waals surface area contributed by atoms with Crippen molar-refractivity contribution in [2.75, 3.05) is 0 Å². The molecule has 0 aliphatic carbocycles. The summed E-state index contributed by atoms with van der Waals surface area (Å²) in [5.41, 5.74) is 0.495. The fourth-order valence-electron chi connectivity index (χ4n) is 2.64. The van der Waals surface area contributed by atoms with Gasteiger partial charge in [0.05, 0.1) is 5.56 Å². The fraction of sp³-hybridized carbons (Fsp3) is 0.200. The van der Waals surface area contributed by atoms with E-state index in [2.05, 4.69) is 14.9 Å². The van der Waals surface area contributed by atoms with E-state index in [-0.39, 0.29) is 16.6 Å². The van der Waals surface area contributed by atoms with Crippen LogP contribution in [0.3, 0.4) is 0 Å². The molecule has 0 aliphatic heterocycles. The Morgan fingerprint density at radius 1 is 0.565 bits per heavy atom. The molecule has 8 heteroatoms. The molecular formula is C15H9F5N2O. The molecule has 0 saturated heterocycles. The minimum absolute atomic E-state index is 0.112. The number of nitrogens with zero attached hydrogens (tertiary/aromatic N) is 2. The summed E-state index contributed by atoms with van der Waals surface area (Å²) < 4.78 is 73.1. The van der Waals surface area contributed by atoms with Gasteiger partial charge in [0, 0.05) is 0 Å². The standard InChI is InChI=1S/C15H9F5N2O/c1-4-5(2)14-15(22-23-21-14)6(3)7(4)8-9(16)11(18)13(20)12(19)10(8)17/h1-3H3. The second-order valence-corrected chi connectivity index (χ2v) is 5.16. The number of benzene rings is 2. The quantitative estimate of drug-likeness (QED) is 0.375. The van der Waals surface area contributed by atoms with Gasteiger partial charge in [0.25, 0.3) is 0 Å². The van der Waals surface area contributed by atoms with Crippen LogP contribution in [0.15, 0.2) is 4.63 Å². The third-order valence-corrected chi connectivity index (χ3v) is 3.97. The van der Waals surface area contributed by atoms with Gasteiger partial charge in [-0.15, -0.1) is 0 Å². The van der Waals surface area contributed by atoms with Gasteiger partial charge >= 0.3 is 0 Å². The molecule has 3 nitrogen and oxygen atoms in total. The van der Waals surface area contributed by atoms with Gasteiger partial charge in [0.2, 0.25) is 5.82 Å². The Kier molecular flexibility index (Phi) is 3.35. The van der Waals surface area contributed by atoms with Crippen molar-refractivity contribution < 1.29 is 26.6 Å². The molecule has 0 amide bonds. The van der Waals surface area contributed by atoms with E-state index in [9.17, 15) is 22.0 Å². The fourth-order valence-corrected chi connectivity index (χ4v) is 2.64. The van der Waals surface area contributed by atoms with Crippen LogP contribution in [-0.4, -0.2) is 10.3 Å². The first-order valence-corrected chi connectivity index (χ1v) is 6.51. The van der Waals surface area contributed by atoms with Crippen molar-refractivity contribution in [2.45, 2.75) is 20.8 Å².